The minimum Gasteiger partial charge on any atom is -0.344 e. The first kappa shape index (κ1) is 34.1. The quantitative estimate of drug-likeness (QED) is 0.151. The predicted octanol–water partition coefficient (Wildman–Crippen LogP) is 14.9. The molecule has 0 fully saturated rings. The third kappa shape index (κ3) is 6.48. The molecular weight excluding hydrogens is 689 g/mol. The van der Waals surface area contributed by atoms with E-state index >= 15 is 0 Å². The molecule has 10 rings (SSSR count). The molecule has 1 aromatic heterocycles. The van der Waals surface area contributed by atoms with E-state index in [9.17, 15) is 0 Å². The highest BCUT2D eigenvalue weighted by atomic mass is 15.1. The molecule has 1 heterocycles. The van der Waals surface area contributed by atoms with Crippen molar-refractivity contribution in [3.8, 4) is 61.3 Å². The van der Waals surface area contributed by atoms with Gasteiger partial charge >= 0.3 is 0 Å². The Kier molecular flexibility index (Phi) is 8.78. The van der Waals surface area contributed by atoms with Crippen molar-refractivity contribution in [3.05, 3.63) is 224 Å². The Labute approximate surface area is 334 Å². The number of nitrogens with zero attached hydrogens (tertiary/aromatic N) is 2. The Balaban J connectivity index is 1.03. The summed E-state index contributed by atoms with van der Waals surface area (Å²) in [6.07, 6.45) is 0. The van der Waals surface area contributed by atoms with E-state index in [1.54, 1.807) is 0 Å². The summed E-state index contributed by atoms with van der Waals surface area (Å²) in [7, 11) is 2.17. The van der Waals surface area contributed by atoms with Gasteiger partial charge in [0.05, 0.1) is 11.0 Å². The molecule has 0 N–H and O–H groups in total. The van der Waals surface area contributed by atoms with Crippen LogP contribution in [-0.2, 0) is 0 Å². The number of anilines is 2. The molecule has 0 radical (unpaired) electrons. The lowest BCUT2D eigenvalue weighted by atomic mass is 9.95. The van der Waals surface area contributed by atoms with E-state index in [-0.39, 0.29) is 0 Å². The minimum atomic E-state index is 1.13. The molecule has 0 saturated heterocycles. The largest absolute Gasteiger partial charge is 0.344 e. The van der Waals surface area contributed by atoms with Crippen LogP contribution in [0.5, 0.6) is 0 Å². The van der Waals surface area contributed by atoms with E-state index in [1.807, 2.05) is 0 Å². The molecule has 0 atom stereocenters. The van der Waals surface area contributed by atoms with E-state index < -0.39 is 0 Å². The highest BCUT2D eigenvalue weighted by Crippen LogP contribution is 2.41. The van der Waals surface area contributed by atoms with E-state index in [2.05, 4.69) is 241 Å². The molecule has 0 unspecified atom stereocenters. The zero-order valence-corrected chi connectivity index (χ0v) is 31.8. The number of benzene rings is 9. The van der Waals surface area contributed by atoms with Crippen molar-refractivity contribution in [3.63, 3.8) is 0 Å². The van der Waals surface area contributed by atoms with E-state index in [0.29, 0.717) is 0 Å². The summed E-state index contributed by atoms with van der Waals surface area (Å²) < 4.78 is 2.39. The number of rotatable bonds is 8. The van der Waals surface area contributed by atoms with Crippen LogP contribution in [0.25, 0.3) is 83.1 Å². The van der Waals surface area contributed by atoms with Crippen molar-refractivity contribution in [1.29, 1.82) is 0 Å². The van der Waals surface area contributed by atoms with Crippen molar-refractivity contribution in [1.82, 2.24) is 4.57 Å². The maximum Gasteiger partial charge on any atom is 0.0541 e. The highest BCUT2D eigenvalue weighted by molar-refractivity contribution is 6.10. The van der Waals surface area contributed by atoms with Crippen LogP contribution in [0.3, 0.4) is 0 Å². The second-order valence-electron chi connectivity index (χ2n) is 14.7. The van der Waals surface area contributed by atoms with Gasteiger partial charge in [0.15, 0.2) is 0 Å². The van der Waals surface area contributed by atoms with Gasteiger partial charge < -0.3 is 9.47 Å². The number of hydrogen-bond acceptors (Lipinski definition) is 1. The Morgan fingerprint density at radius 3 is 1.51 bits per heavy atom. The standard InChI is InChI=1S/C55H40N2/c1-56(49-24-14-23-45(36-49)44-22-13-21-43(35-44)40-17-7-3-8-18-40)53-33-29-46(37-51(53)42-19-9-4-10-20-42)47-30-34-55-52(38-47)50-25-11-12-26-54(50)57(55)48-31-27-41(28-32-48)39-15-5-2-6-16-39/h2-38H,1H3. The average Bonchev–Trinajstić information content (AvgIpc) is 3.63. The molecule has 0 aliphatic carbocycles. The van der Waals surface area contributed by atoms with E-state index in [0.717, 1.165) is 17.1 Å². The lowest BCUT2D eigenvalue weighted by Gasteiger charge is -2.24. The molecule has 0 saturated carbocycles. The van der Waals surface area contributed by atoms with Crippen LogP contribution in [0.2, 0.25) is 0 Å². The summed E-state index contributed by atoms with van der Waals surface area (Å²) in [5, 5.41) is 2.49. The summed E-state index contributed by atoms with van der Waals surface area (Å²) in [5.41, 5.74) is 17.8. The predicted molar refractivity (Wildman–Crippen MR) is 242 cm³/mol. The van der Waals surface area contributed by atoms with Gasteiger partial charge in [-0.05, 0) is 111 Å². The molecule has 0 aliphatic rings. The first-order valence-electron chi connectivity index (χ1n) is 19.6. The van der Waals surface area contributed by atoms with Gasteiger partial charge in [-0.1, -0.05) is 164 Å². The normalized spacial score (nSPS) is 11.2. The molecule has 0 spiro atoms. The lowest BCUT2D eigenvalue weighted by molar-refractivity contribution is 1.18. The van der Waals surface area contributed by atoms with Crippen molar-refractivity contribution < 1.29 is 0 Å². The summed E-state index contributed by atoms with van der Waals surface area (Å²) in [5.74, 6) is 0. The van der Waals surface area contributed by atoms with Gasteiger partial charge in [-0.2, -0.15) is 0 Å². The average molecular weight is 729 g/mol. The van der Waals surface area contributed by atoms with Crippen LogP contribution in [0.15, 0.2) is 224 Å². The molecule has 270 valence electrons. The number of para-hydroxylation sites is 1. The van der Waals surface area contributed by atoms with Crippen LogP contribution in [0, 0.1) is 0 Å². The van der Waals surface area contributed by atoms with Crippen LogP contribution < -0.4 is 4.90 Å². The second-order valence-corrected chi connectivity index (χ2v) is 14.7. The zero-order chi connectivity index (χ0) is 38.1. The zero-order valence-electron chi connectivity index (χ0n) is 31.8. The maximum absolute atomic E-state index is 2.39. The molecule has 0 bridgehead atoms. The summed E-state index contributed by atoms with van der Waals surface area (Å²) >= 11 is 0. The van der Waals surface area contributed by atoms with Gasteiger partial charge in [0, 0.05) is 40.4 Å². The molecule has 10 aromatic rings. The van der Waals surface area contributed by atoms with Gasteiger partial charge in [0.2, 0.25) is 0 Å². The number of fused-ring (bicyclic) bond motifs is 3. The summed E-state index contributed by atoms with van der Waals surface area (Å²) in [6, 6.07) is 81.1. The Morgan fingerprint density at radius 2 is 0.789 bits per heavy atom. The Bertz CT molecular complexity index is 3000. The second kappa shape index (κ2) is 14.7. The minimum absolute atomic E-state index is 1.13. The first-order chi connectivity index (χ1) is 28.2. The molecule has 2 heteroatoms. The van der Waals surface area contributed by atoms with Crippen molar-refractivity contribution in [2.24, 2.45) is 0 Å². The maximum atomic E-state index is 2.39. The smallest absolute Gasteiger partial charge is 0.0541 e. The topological polar surface area (TPSA) is 8.17 Å². The monoisotopic (exact) mass is 728 g/mol. The van der Waals surface area contributed by atoms with Gasteiger partial charge in [0.1, 0.15) is 0 Å². The number of aromatic nitrogens is 1. The van der Waals surface area contributed by atoms with Crippen LogP contribution in [0.4, 0.5) is 11.4 Å². The molecular formula is C55H40N2. The van der Waals surface area contributed by atoms with Crippen LogP contribution >= 0.6 is 0 Å². The first-order valence-corrected chi connectivity index (χ1v) is 19.6. The molecule has 9 aromatic carbocycles. The van der Waals surface area contributed by atoms with Crippen molar-refractivity contribution >= 4 is 33.2 Å². The van der Waals surface area contributed by atoms with Crippen LogP contribution in [0.1, 0.15) is 0 Å². The van der Waals surface area contributed by atoms with Gasteiger partial charge in [-0.25, -0.2) is 0 Å². The highest BCUT2D eigenvalue weighted by Gasteiger charge is 2.17. The molecule has 57 heavy (non-hydrogen) atoms. The molecule has 2 nitrogen and oxygen atoms in total. The van der Waals surface area contributed by atoms with Gasteiger partial charge in [-0.3, -0.25) is 0 Å². The third-order valence-corrected chi connectivity index (χ3v) is 11.2. The summed E-state index contributed by atoms with van der Waals surface area (Å²) in [6.45, 7) is 0. The fourth-order valence-corrected chi connectivity index (χ4v) is 8.26. The fraction of sp³-hybridized carbons (Fsp3) is 0.0182. The Morgan fingerprint density at radius 1 is 0.316 bits per heavy atom. The fourth-order valence-electron chi connectivity index (χ4n) is 8.26. The van der Waals surface area contributed by atoms with Gasteiger partial charge in [0.25, 0.3) is 0 Å². The number of hydrogen-bond donors (Lipinski definition) is 0. The Hall–Kier alpha value is -7.42. The van der Waals surface area contributed by atoms with E-state index in [4.69, 9.17) is 0 Å². The van der Waals surface area contributed by atoms with Crippen molar-refractivity contribution in [2.75, 3.05) is 11.9 Å². The molecule has 0 aliphatic heterocycles. The third-order valence-electron chi connectivity index (χ3n) is 11.2. The molecule has 0 amide bonds. The van der Waals surface area contributed by atoms with E-state index in [1.165, 1.54) is 77.4 Å². The van der Waals surface area contributed by atoms with Gasteiger partial charge in [-0.15, -0.1) is 0 Å². The van der Waals surface area contributed by atoms with Crippen LogP contribution in [-0.4, -0.2) is 11.6 Å². The lowest BCUT2D eigenvalue weighted by Crippen LogP contribution is -2.11. The summed E-state index contributed by atoms with van der Waals surface area (Å²) in [4.78, 5) is 2.32. The van der Waals surface area contributed by atoms with Crippen molar-refractivity contribution in [2.45, 2.75) is 0 Å². The SMILES string of the molecule is CN(c1cccc(-c2cccc(-c3ccccc3)c2)c1)c1ccc(-c2ccc3c(c2)c2ccccc2n3-c2ccc(-c3ccccc3)cc2)cc1-c1ccccc1.